The van der Waals surface area contributed by atoms with Crippen molar-refractivity contribution in [2.75, 3.05) is 31.5 Å². The third-order valence-electron chi connectivity index (χ3n) is 5.38. The smallest absolute Gasteiger partial charge is 0.329 e. The normalized spacial score (nSPS) is 19.8. The van der Waals surface area contributed by atoms with Gasteiger partial charge in [-0.05, 0) is 36.4 Å². The molecule has 0 spiro atoms. The molecule has 0 radical (unpaired) electrons. The molecule has 2 unspecified atom stereocenters. The Labute approximate surface area is 189 Å². The first-order valence-corrected chi connectivity index (χ1v) is 10.1. The highest BCUT2D eigenvalue weighted by atomic mass is 35.5. The number of benzene rings is 2. The minimum Gasteiger partial charge on any atom is -0.493 e. The molecule has 2 heterocycles. The zero-order valence-electron chi connectivity index (χ0n) is 17.6. The van der Waals surface area contributed by atoms with Crippen molar-refractivity contribution in [3.05, 3.63) is 59.3 Å². The van der Waals surface area contributed by atoms with Crippen LogP contribution in [-0.2, 0) is 9.59 Å². The number of anilines is 2. The summed E-state index contributed by atoms with van der Waals surface area (Å²) in [5.74, 6) is 0.108. The molecule has 0 saturated carbocycles. The summed E-state index contributed by atoms with van der Waals surface area (Å²) in [4.78, 5) is 41.6. The van der Waals surface area contributed by atoms with E-state index in [1.54, 1.807) is 60.6 Å². The number of nitrogens with one attached hydrogen (secondary N) is 2. The molecular weight excluding hydrogens is 436 g/mol. The predicted octanol–water partition coefficient (Wildman–Crippen LogP) is 2.62. The maximum atomic E-state index is 13.2. The van der Waals surface area contributed by atoms with Crippen LogP contribution in [0.4, 0.5) is 16.2 Å². The molecule has 1 fully saturated rings. The van der Waals surface area contributed by atoms with E-state index in [1.165, 1.54) is 14.2 Å². The van der Waals surface area contributed by atoms with E-state index < -0.39 is 29.9 Å². The summed E-state index contributed by atoms with van der Waals surface area (Å²) in [5.41, 5.74) is 1.15. The summed E-state index contributed by atoms with van der Waals surface area (Å²) in [6, 6.07) is 9.19. The average Bonchev–Trinajstić information content (AvgIpc) is 3.11. The van der Waals surface area contributed by atoms with Crippen LogP contribution in [0, 0.1) is 0 Å². The Balaban J connectivity index is 1.55. The molecule has 2 aromatic carbocycles. The quantitative estimate of drug-likeness (QED) is 0.717. The summed E-state index contributed by atoms with van der Waals surface area (Å²) < 4.78 is 10.5. The Hall–Kier alpha value is -3.72. The van der Waals surface area contributed by atoms with Gasteiger partial charge in [-0.3, -0.25) is 9.59 Å². The molecular formula is C22H21ClN4O5. The van der Waals surface area contributed by atoms with E-state index in [0.717, 1.165) is 4.90 Å². The molecule has 4 rings (SSSR count). The number of hydrogen-bond acceptors (Lipinski definition) is 6. The molecule has 2 N–H and O–H groups in total. The summed E-state index contributed by atoms with van der Waals surface area (Å²) >= 11 is 5.91. The van der Waals surface area contributed by atoms with Gasteiger partial charge in [-0.2, -0.15) is 0 Å². The van der Waals surface area contributed by atoms with Crippen LogP contribution < -0.4 is 25.0 Å². The highest BCUT2D eigenvalue weighted by Crippen LogP contribution is 2.32. The van der Waals surface area contributed by atoms with E-state index in [0.29, 0.717) is 27.9 Å². The number of carbonyl (C=O) groups excluding carboxylic acids is 3. The number of hydrogen-bond donors (Lipinski definition) is 2. The van der Waals surface area contributed by atoms with Gasteiger partial charge in [0.25, 0.3) is 11.8 Å². The lowest BCUT2D eigenvalue weighted by Crippen LogP contribution is -2.65. The zero-order valence-corrected chi connectivity index (χ0v) is 18.3. The maximum absolute atomic E-state index is 13.2. The van der Waals surface area contributed by atoms with Gasteiger partial charge in [0.2, 0.25) is 0 Å². The molecule has 2 aliphatic heterocycles. The minimum absolute atomic E-state index is 0.268. The van der Waals surface area contributed by atoms with Crippen molar-refractivity contribution in [2.45, 2.75) is 12.1 Å². The summed E-state index contributed by atoms with van der Waals surface area (Å²) in [7, 11) is 4.70. The fraction of sp³-hybridized carbons (Fsp3) is 0.227. The number of amides is 4. The molecule has 2 atom stereocenters. The van der Waals surface area contributed by atoms with Crippen molar-refractivity contribution < 1.29 is 23.9 Å². The van der Waals surface area contributed by atoms with Gasteiger partial charge >= 0.3 is 6.03 Å². The van der Waals surface area contributed by atoms with Crippen molar-refractivity contribution in [1.29, 1.82) is 0 Å². The van der Waals surface area contributed by atoms with Gasteiger partial charge in [0.1, 0.15) is 6.04 Å². The van der Waals surface area contributed by atoms with Gasteiger partial charge < -0.3 is 25.0 Å². The summed E-state index contributed by atoms with van der Waals surface area (Å²) in [6.07, 6.45) is 1.56. The highest BCUT2D eigenvalue weighted by molar-refractivity contribution is 6.30. The largest absolute Gasteiger partial charge is 0.493 e. The minimum atomic E-state index is -0.788. The van der Waals surface area contributed by atoms with Crippen LogP contribution in [0.2, 0.25) is 5.02 Å². The summed E-state index contributed by atoms with van der Waals surface area (Å²) in [5, 5.41) is 6.05. The van der Waals surface area contributed by atoms with Crippen molar-refractivity contribution in [3.8, 4) is 11.5 Å². The Morgan fingerprint density at radius 3 is 2.41 bits per heavy atom. The number of imide groups is 1. The zero-order chi connectivity index (χ0) is 23.0. The van der Waals surface area contributed by atoms with Crippen LogP contribution in [-0.4, -0.2) is 56.1 Å². The van der Waals surface area contributed by atoms with Crippen LogP contribution in [0.25, 0.3) is 0 Å². The molecule has 166 valence electrons. The Morgan fingerprint density at radius 2 is 1.75 bits per heavy atom. The van der Waals surface area contributed by atoms with Crippen molar-refractivity contribution in [2.24, 2.45) is 0 Å². The lowest BCUT2D eigenvalue weighted by Gasteiger charge is -2.37. The molecule has 0 aliphatic carbocycles. The maximum Gasteiger partial charge on any atom is 0.329 e. The number of methoxy groups -OCH3 is 2. The number of ether oxygens (including phenoxy) is 2. The number of urea groups is 1. The van der Waals surface area contributed by atoms with Crippen LogP contribution in [0.5, 0.6) is 11.5 Å². The van der Waals surface area contributed by atoms with Crippen molar-refractivity contribution >= 4 is 40.8 Å². The van der Waals surface area contributed by atoms with Crippen LogP contribution in [0.3, 0.4) is 0 Å². The second-order valence-corrected chi connectivity index (χ2v) is 7.73. The molecule has 9 nitrogen and oxygen atoms in total. The first-order chi connectivity index (χ1) is 15.3. The SMILES string of the molecule is COc1ccc(NC(=O)C2=CN(C)C3C(=O)N(c4ccc(Cl)cc4)C(=O)NC23)cc1OC. The van der Waals surface area contributed by atoms with Gasteiger partial charge in [-0.15, -0.1) is 0 Å². The molecule has 0 aromatic heterocycles. The van der Waals surface area contributed by atoms with Gasteiger partial charge in [-0.1, -0.05) is 11.6 Å². The van der Waals surface area contributed by atoms with E-state index in [-0.39, 0.29) is 5.57 Å². The summed E-state index contributed by atoms with van der Waals surface area (Å²) in [6.45, 7) is 0. The standard InChI is InChI=1S/C22H21ClN4O5/c1-26-11-15(20(28)24-13-6-9-16(31-2)17(10-13)32-3)18-19(26)21(29)27(22(30)25-18)14-7-4-12(23)5-8-14/h4-11,18-19H,1-3H3,(H,24,28)(H,25,30). The number of rotatable bonds is 5. The second-order valence-electron chi connectivity index (χ2n) is 7.30. The molecule has 2 aromatic rings. The highest BCUT2D eigenvalue weighted by Gasteiger charge is 2.49. The second kappa shape index (κ2) is 8.43. The first-order valence-electron chi connectivity index (χ1n) is 9.71. The topological polar surface area (TPSA) is 100 Å². The van der Waals surface area contributed by atoms with Crippen LogP contribution in [0.1, 0.15) is 0 Å². The lowest BCUT2D eigenvalue weighted by atomic mass is 9.99. The van der Waals surface area contributed by atoms with E-state index in [9.17, 15) is 14.4 Å². The third kappa shape index (κ3) is 3.71. The van der Waals surface area contributed by atoms with Gasteiger partial charge in [0.15, 0.2) is 11.5 Å². The number of halogens is 1. The molecule has 2 aliphatic rings. The third-order valence-corrected chi connectivity index (χ3v) is 5.63. The number of likely N-dealkylation sites (N-methyl/N-ethyl adjacent to an activating group) is 1. The van der Waals surface area contributed by atoms with Crippen LogP contribution in [0.15, 0.2) is 54.2 Å². The molecule has 4 amide bonds. The Morgan fingerprint density at radius 1 is 1.06 bits per heavy atom. The van der Waals surface area contributed by atoms with Gasteiger partial charge in [-0.25, -0.2) is 9.69 Å². The average molecular weight is 457 g/mol. The Bertz CT molecular complexity index is 1120. The number of fused-ring (bicyclic) bond motifs is 1. The number of nitrogens with zero attached hydrogens (tertiary/aromatic N) is 2. The predicted molar refractivity (Wildman–Crippen MR) is 119 cm³/mol. The molecule has 0 bridgehead atoms. The van der Waals surface area contributed by atoms with Crippen LogP contribution >= 0.6 is 11.6 Å². The van der Waals surface area contributed by atoms with E-state index in [4.69, 9.17) is 21.1 Å². The van der Waals surface area contributed by atoms with E-state index in [1.807, 2.05) is 0 Å². The van der Waals surface area contributed by atoms with E-state index in [2.05, 4.69) is 10.6 Å². The lowest BCUT2D eigenvalue weighted by molar-refractivity contribution is -0.122. The van der Waals surface area contributed by atoms with Crippen molar-refractivity contribution in [1.82, 2.24) is 10.2 Å². The fourth-order valence-corrected chi connectivity index (χ4v) is 3.97. The van der Waals surface area contributed by atoms with Gasteiger partial charge in [0.05, 0.1) is 31.5 Å². The monoisotopic (exact) mass is 456 g/mol. The first kappa shape index (κ1) is 21.5. The molecule has 1 saturated heterocycles. The molecule has 32 heavy (non-hydrogen) atoms. The fourth-order valence-electron chi connectivity index (χ4n) is 3.84. The van der Waals surface area contributed by atoms with Crippen molar-refractivity contribution in [3.63, 3.8) is 0 Å². The number of carbonyl (C=O) groups is 3. The van der Waals surface area contributed by atoms with Gasteiger partial charge in [0, 0.05) is 30.0 Å². The molecule has 10 heteroatoms. The van der Waals surface area contributed by atoms with E-state index >= 15 is 0 Å². The Kier molecular flexibility index (Phi) is 5.67.